The quantitative estimate of drug-likeness (QED) is 0.531. The summed E-state index contributed by atoms with van der Waals surface area (Å²) in [4.78, 5) is 10.9. The van der Waals surface area contributed by atoms with E-state index in [9.17, 15) is 48.7 Å². The van der Waals surface area contributed by atoms with E-state index in [0.717, 1.165) is 6.92 Å². The average Bonchev–Trinajstić information content (AvgIpc) is 2.33. The van der Waals surface area contributed by atoms with Crippen molar-refractivity contribution in [2.45, 2.75) is 49.9 Å². The molecular formula is C10H10F10O2. The third kappa shape index (κ3) is 3.57. The molecule has 1 atom stereocenters. The summed E-state index contributed by atoms with van der Waals surface area (Å²) in [5.74, 6) is -22.2. The van der Waals surface area contributed by atoms with Gasteiger partial charge in [-0.2, -0.15) is 39.5 Å². The highest BCUT2D eigenvalue weighted by atomic mass is 19.4. The third-order valence-electron chi connectivity index (χ3n) is 2.68. The molecule has 0 bridgehead atoms. The number of carbonyl (C=O) groups is 1. The van der Waals surface area contributed by atoms with Crippen LogP contribution in [0.15, 0.2) is 0 Å². The number of ether oxygens (including phenoxy) is 1. The van der Waals surface area contributed by atoms with Crippen LogP contribution >= 0.6 is 0 Å². The molecule has 0 heterocycles. The zero-order chi connectivity index (χ0) is 18.2. The minimum atomic E-state index is -7.08. The molecule has 1 unspecified atom stereocenters. The molecule has 0 aliphatic carbocycles. The predicted molar refractivity (Wildman–Crippen MR) is 51.7 cm³/mol. The van der Waals surface area contributed by atoms with Gasteiger partial charge in [0.15, 0.2) is 6.61 Å². The second kappa shape index (κ2) is 5.76. The highest BCUT2D eigenvalue weighted by Gasteiger charge is 2.82. The van der Waals surface area contributed by atoms with Crippen molar-refractivity contribution in [2.75, 3.05) is 6.61 Å². The zero-order valence-corrected chi connectivity index (χ0v) is 11.0. The Morgan fingerprint density at radius 2 is 1.27 bits per heavy atom. The Morgan fingerprint density at radius 3 is 1.59 bits per heavy atom. The monoisotopic (exact) mass is 352 g/mol. The van der Waals surface area contributed by atoms with Crippen molar-refractivity contribution in [3.05, 3.63) is 0 Å². The Bertz CT molecular complexity index is 412. The third-order valence-corrected chi connectivity index (χ3v) is 2.68. The Labute approximate surface area is 117 Å². The van der Waals surface area contributed by atoms with Gasteiger partial charge in [0.1, 0.15) is 0 Å². The van der Waals surface area contributed by atoms with Gasteiger partial charge in [-0.3, -0.25) is 0 Å². The molecule has 0 N–H and O–H groups in total. The number of esters is 1. The van der Waals surface area contributed by atoms with E-state index in [4.69, 9.17) is 0 Å². The van der Waals surface area contributed by atoms with Gasteiger partial charge in [-0.15, -0.1) is 0 Å². The summed E-state index contributed by atoms with van der Waals surface area (Å²) in [5, 5.41) is 0. The van der Waals surface area contributed by atoms with Crippen molar-refractivity contribution in [2.24, 2.45) is 0 Å². The average molecular weight is 352 g/mol. The molecule has 2 nitrogen and oxygen atoms in total. The molecule has 0 aromatic rings. The molecule has 22 heavy (non-hydrogen) atoms. The fraction of sp³-hybridized carbons (Fsp3) is 0.900. The van der Waals surface area contributed by atoms with Crippen LogP contribution in [0.25, 0.3) is 0 Å². The molecule has 0 aliphatic heterocycles. The van der Waals surface area contributed by atoms with Crippen molar-refractivity contribution < 1.29 is 53.4 Å². The molecule has 0 aromatic heterocycles. The summed E-state index contributed by atoms with van der Waals surface area (Å²) in [6.45, 7) is -1.27. The van der Waals surface area contributed by atoms with Crippen LogP contribution in [-0.2, 0) is 9.53 Å². The first-order valence-electron chi connectivity index (χ1n) is 5.50. The maximum Gasteiger partial charge on any atom is 0.460 e. The standard InChI is InChI=1S/C10H10F10O2/c1-3-6(2,11)5(21)22-4-7(12,13)8(14,15)9(16,17)10(18,19)20/h3-4H2,1-2H3. The van der Waals surface area contributed by atoms with Gasteiger partial charge in [-0.25, -0.2) is 9.18 Å². The van der Waals surface area contributed by atoms with E-state index < -0.39 is 48.6 Å². The van der Waals surface area contributed by atoms with Crippen LogP contribution in [0.2, 0.25) is 0 Å². The fourth-order valence-corrected chi connectivity index (χ4v) is 0.949. The molecule has 0 radical (unpaired) electrons. The summed E-state index contributed by atoms with van der Waals surface area (Å²) in [6, 6.07) is 0. The summed E-state index contributed by atoms with van der Waals surface area (Å²) in [5.41, 5.74) is -2.89. The van der Waals surface area contributed by atoms with Crippen LogP contribution in [0.5, 0.6) is 0 Å². The molecule has 0 spiro atoms. The van der Waals surface area contributed by atoms with Crippen molar-refractivity contribution in [3.63, 3.8) is 0 Å². The topological polar surface area (TPSA) is 26.3 Å². The van der Waals surface area contributed by atoms with Gasteiger partial charge < -0.3 is 4.74 Å². The number of halogens is 10. The van der Waals surface area contributed by atoms with Crippen molar-refractivity contribution in [1.82, 2.24) is 0 Å². The Morgan fingerprint density at radius 1 is 0.864 bits per heavy atom. The molecule has 132 valence electrons. The first-order valence-corrected chi connectivity index (χ1v) is 5.50. The van der Waals surface area contributed by atoms with Crippen LogP contribution in [0, 0.1) is 0 Å². The lowest BCUT2D eigenvalue weighted by Crippen LogP contribution is -2.62. The lowest BCUT2D eigenvalue weighted by atomic mass is 10.0. The molecule has 12 heteroatoms. The van der Waals surface area contributed by atoms with Crippen molar-refractivity contribution in [3.8, 4) is 0 Å². The molecule has 0 aromatic carbocycles. The second-order valence-corrected chi connectivity index (χ2v) is 4.48. The first-order chi connectivity index (χ1) is 9.44. The predicted octanol–water partition coefficient (Wildman–Crippen LogP) is 4.14. The van der Waals surface area contributed by atoms with Gasteiger partial charge in [0, 0.05) is 0 Å². The summed E-state index contributed by atoms with van der Waals surface area (Å²) >= 11 is 0. The molecule has 0 amide bonds. The van der Waals surface area contributed by atoms with Gasteiger partial charge in [0.2, 0.25) is 5.67 Å². The first kappa shape index (κ1) is 20.8. The smallest absolute Gasteiger partial charge is 0.457 e. The van der Waals surface area contributed by atoms with Crippen LogP contribution in [0.1, 0.15) is 20.3 Å². The van der Waals surface area contributed by atoms with Crippen molar-refractivity contribution >= 4 is 5.97 Å². The Balaban J connectivity index is 5.28. The minimum Gasteiger partial charge on any atom is -0.457 e. The second-order valence-electron chi connectivity index (χ2n) is 4.48. The zero-order valence-electron chi connectivity index (χ0n) is 11.0. The summed E-state index contributed by atoms with van der Waals surface area (Å²) in [7, 11) is 0. The molecule has 0 aliphatic rings. The SMILES string of the molecule is CCC(C)(F)C(=O)OCC(F)(F)C(F)(F)C(F)(F)C(F)(F)F. The van der Waals surface area contributed by atoms with Crippen LogP contribution in [-0.4, -0.2) is 42.2 Å². The number of hydrogen-bond acceptors (Lipinski definition) is 2. The van der Waals surface area contributed by atoms with Gasteiger partial charge in [0.05, 0.1) is 0 Å². The highest BCUT2D eigenvalue weighted by molar-refractivity contribution is 5.78. The lowest BCUT2D eigenvalue weighted by Gasteiger charge is -2.33. The minimum absolute atomic E-state index is 0.524. The molecule has 0 fully saturated rings. The number of carbonyl (C=O) groups excluding carboxylic acids is 1. The summed E-state index contributed by atoms with van der Waals surface area (Å²) < 4.78 is 128. The van der Waals surface area contributed by atoms with Crippen LogP contribution < -0.4 is 0 Å². The molecular weight excluding hydrogens is 342 g/mol. The van der Waals surface area contributed by atoms with E-state index in [0.29, 0.717) is 6.92 Å². The number of rotatable bonds is 6. The normalized spacial score (nSPS) is 17.1. The number of hydrogen-bond donors (Lipinski definition) is 0. The van der Waals surface area contributed by atoms with E-state index in [1.807, 2.05) is 0 Å². The van der Waals surface area contributed by atoms with Gasteiger partial charge in [-0.05, 0) is 13.3 Å². The maximum atomic E-state index is 13.3. The Kier molecular flexibility index (Phi) is 5.44. The fourth-order valence-electron chi connectivity index (χ4n) is 0.949. The van der Waals surface area contributed by atoms with Gasteiger partial charge >= 0.3 is 29.9 Å². The van der Waals surface area contributed by atoms with E-state index in [1.165, 1.54) is 0 Å². The van der Waals surface area contributed by atoms with Crippen molar-refractivity contribution in [1.29, 1.82) is 0 Å². The van der Waals surface area contributed by atoms with E-state index in [-0.39, 0.29) is 0 Å². The van der Waals surface area contributed by atoms with E-state index >= 15 is 0 Å². The Hall–Kier alpha value is -1.23. The largest absolute Gasteiger partial charge is 0.460 e. The lowest BCUT2D eigenvalue weighted by molar-refractivity contribution is -0.399. The molecule has 0 rings (SSSR count). The van der Waals surface area contributed by atoms with E-state index in [2.05, 4.69) is 4.74 Å². The van der Waals surface area contributed by atoms with Gasteiger partial charge in [0.25, 0.3) is 0 Å². The number of alkyl halides is 10. The molecule has 0 saturated heterocycles. The summed E-state index contributed by atoms with van der Waals surface area (Å²) in [6.07, 6.45) is -7.60. The van der Waals surface area contributed by atoms with Crippen LogP contribution in [0.3, 0.4) is 0 Å². The van der Waals surface area contributed by atoms with Gasteiger partial charge in [-0.1, -0.05) is 6.92 Å². The van der Waals surface area contributed by atoms with Crippen LogP contribution in [0.4, 0.5) is 43.9 Å². The maximum absolute atomic E-state index is 13.3. The van der Waals surface area contributed by atoms with E-state index in [1.54, 1.807) is 0 Å². The molecule has 0 saturated carbocycles. The highest BCUT2D eigenvalue weighted by Crippen LogP contribution is 2.53.